The molecule has 0 bridgehead atoms. The summed E-state index contributed by atoms with van der Waals surface area (Å²) in [4.78, 5) is 2.45. The first-order chi connectivity index (χ1) is 6.05. The molecule has 0 spiro atoms. The van der Waals surface area contributed by atoms with E-state index in [1.807, 2.05) is 0 Å². The molecule has 2 rings (SSSR count). The predicted molar refractivity (Wildman–Crippen MR) is 50.8 cm³/mol. The Morgan fingerprint density at radius 1 is 1.46 bits per heavy atom. The second kappa shape index (κ2) is 3.23. The van der Waals surface area contributed by atoms with Crippen LogP contribution in [-0.2, 0) is 9.47 Å². The zero-order valence-corrected chi connectivity index (χ0v) is 8.75. The van der Waals surface area contributed by atoms with E-state index in [4.69, 9.17) is 9.47 Å². The summed E-state index contributed by atoms with van der Waals surface area (Å²) in [5.74, 6) is 0. The molecule has 76 valence electrons. The molecule has 3 nitrogen and oxygen atoms in total. The molecule has 0 aliphatic carbocycles. The summed E-state index contributed by atoms with van der Waals surface area (Å²) < 4.78 is 11.1. The Morgan fingerprint density at radius 2 is 2.15 bits per heavy atom. The minimum absolute atomic E-state index is 0.00650. The Hall–Kier alpha value is -0.120. The van der Waals surface area contributed by atoms with Gasteiger partial charge in [0.25, 0.3) is 0 Å². The summed E-state index contributed by atoms with van der Waals surface area (Å²) in [6.45, 7) is 10.6. The maximum Gasteiger partial charge on any atom is 0.0936 e. The van der Waals surface area contributed by atoms with Crippen LogP contribution >= 0.6 is 0 Å². The highest BCUT2D eigenvalue weighted by Crippen LogP contribution is 2.22. The summed E-state index contributed by atoms with van der Waals surface area (Å²) in [5, 5.41) is 0. The lowest BCUT2D eigenvalue weighted by atomic mass is 10.1. The van der Waals surface area contributed by atoms with Gasteiger partial charge in [-0.2, -0.15) is 0 Å². The number of morpholine rings is 1. The molecular weight excluding hydrogens is 166 g/mol. The standard InChI is InChI=1S/C10H19NO2/c1-8-4-11(5-9-6-12-9)7-10(2,3)13-8/h8-9H,4-7H2,1-3H3/t8?,9-/m0/s1. The van der Waals surface area contributed by atoms with Gasteiger partial charge < -0.3 is 9.47 Å². The number of ether oxygens (including phenoxy) is 2. The van der Waals surface area contributed by atoms with Crippen molar-refractivity contribution in [3.8, 4) is 0 Å². The van der Waals surface area contributed by atoms with Crippen molar-refractivity contribution in [2.45, 2.75) is 38.6 Å². The van der Waals surface area contributed by atoms with Gasteiger partial charge in [-0.25, -0.2) is 0 Å². The topological polar surface area (TPSA) is 25.0 Å². The van der Waals surface area contributed by atoms with Gasteiger partial charge in [0.15, 0.2) is 0 Å². The number of epoxide rings is 1. The van der Waals surface area contributed by atoms with Crippen LogP contribution in [0.25, 0.3) is 0 Å². The van der Waals surface area contributed by atoms with Crippen molar-refractivity contribution in [3.63, 3.8) is 0 Å². The molecule has 0 amide bonds. The van der Waals surface area contributed by atoms with Crippen LogP contribution in [0.4, 0.5) is 0 Å². The van der Waals surface area contributed by atoms with E-state index in [1.165, 1.54) is 0 Å². The monoisotopic (exact) mass is 185 g/mol. The lowest BCUT2D eigenvalue weighted by molar-refractivity contribution is -0.129. The molecule has 0 radical (unpaired) electrons. The Kier molecular flexibility index (Phi) is 2.34. The minimum atomic E-state index is 0.00650. The SMILES string of the molecule is CC1CN(C[C@H]2CO2)CC(C)(C)O1. The van der Waals surface area contributed by atoms with E-state index in [0.717, 1.165) is 26.2 Å². The van der Waals surface area contributed by atoms with Gasteiger partial charge in [-0.1, -0.05) is 0 Å². The molecule has 1 unspecified atom stereocenters. The molecule has 3 heteroatoms. The number of nitrogens with zero attached hydrogens (tertiary/aromatic N) is 1. The summed E-state index contributed by atoms with van der Waals surface area (Å²) in [6, 6.07) is 0. The summed E-state index contributed by atoms with van der Waals surface area (Å²) in [5.41, 5.74) is 0.00650. The number of hydrogen-bond acceptors (Lipinski definition) is 3. The van der Waals surface area contributed by atoms with Gasteiger partial charge in [0, 0.05) is 19.6 Å². The molecule has 2 atom stereocenters. The van der Waals surface area contributed by atoms with Crippen LogP contribution in [0.15, 0.2) is 0 Å². The van der Waals surface area contributed by atoms with E-state index in [-0.39, 0.29) is 5.60 Å². The van der Waals surface area contributed by atoms with Crippen LogP contribution in [0.5, 0.6) is 0 Å². The first kappa shape index (κ1) is 9.44. The fourth-order valence-corrected chi connectivity index (χ4v) is 2.19. The fraction of sp³-hybridized carbons (Fsp3) is 1.00. The van der Waals surface area contributed by atoms with Crippen molar-refractivity contribution in [2.75, 3.05) is 26.2 Å². The smallest absolute Gasteiger partial charge is 0.0936 e. The minimum Gasteiger partial charge on any atom is -0.372 e. The molecule has 0 aromatic heterocycles. The highest BCUT2D eigenvalue weighted by Gasteiger charge is 2.34. The zero-order valence-electron chi connectivity index (χ0n) is 8.75. The molecule has 2 saturated heterocycles. The summed E-state index contributed by atoms with van der Waals surface area (Å²) in [6.07, 6.45) is 0.851. The molecule has 0 N–H and O–H groups in total. The van der Waals surface area contributed by atoms with Gasteiger partial charge in [0.05, 0.1) is 24.4 Å². The molecule has 2 heterocycles. The maximum atomic E-state index is 5.82. The van der Waals surface area contributed by atoms with Crippen molar-refractivity contribution < 1.29 is 9.47 Å². The predicted octanol–water partition coefficient (Wildman–Crippen LogP) is 0.884. The second-order valence-corrected chi connectivity index (χ2v) is 4.84. The lowest BCUT2D eigenvalue weighted by Gasteiger charge is -2.41. The van der Waals surface area contributed by atoms with Crippen LogP contribution in [0, 0.1) is 0 Å². The molecule has 2 aliphatic heterocycles. The number of rotatable bonds is 2. The van der Waals surface area contributed by atoms with Gasteiger partial charge in [-0.05, 0) is 20.8 Å². The van der Waals surface area contributed by atoms with E-state index in [1.54, 1.807) is 0 Å². The molecule has 13 heavy (non-hydrogen) atoms. The van der Waals surface area contributed by atoms with Crippen LogP contribution in [0.1, 0.15) is 20.8 Å². The largest absolute Gasteiger partial charge is 0.372 e. The van der Waals surface area contributed by atoms with E-state index < -0.39 is 0 Å². The average Bonchev–Trinajstić information content (AvgIpc) is 2.65. The van der Waals surface area contributed by atoms with Gasteiger partial charge in [-0.3, -0.25) is 4.90 Å². The molecule has 0 aromatic rings. The van der Waals surface area contributed by atoms with Crippen LogP contribution in [0.2, 0.25) is 0 Å². The summed E-state index contributed by atoms with van der Waals surface area (Å²) in [7, 11) is 0. The lowest BCUT2D eigenvalue weighted by Crippen LogP contribution is -2.52. The Bertz CT molecular complexity index is 187. The molecule has 2 aliphatic rings. The van der Waals surface area contributed by atoms with Crippen molar-refractivity contribution in [2.24, 2.45) is 0 Å². The van der Waals surface area contributed by atoms with Gasteiger partial charge in [-0.15, -0.1) is 0 Å². The fourth-order valence-electron chi connectivity index (χ4n) is 2.19. The highest BCUT2D eigenvalue weighted by molar-refractivity contribution is 4.85. The maximum absolute atomic E-state index is 5.82. The third-order valence-electron chi connectivity index (χ3n) is 2.50. The first-order valence-corrected chi connectivity index (χ1v) is 5.07. The summed E-state index contributed by atoms with van der Waals surface area (Å²) >= 11 is 0. The first-order valence-electron chi connectivity index (χ1n) is 5.07. The third kappa shape index (κ3) is 2.66. The van der Waals surface area contributed by atoms with Crippen molar-refractivity contribution in [1.29, 1.82) is 0 Å². The van der Waals surface area contributed by atoms with Crippen LogP contribution < -0.4 is 0 Å². The van der Waals surface area contributed by atoms with Gasteiger partial charge in [0.2, 0.25) is 0 Å². The molecule has 2 fully saturated rings. The van der Waals surface area contributed by atoms with Gasteiger partial charge >= 0.3 is 0 Å². The normalized spacial score (nSPS) is 39.0. The Balaban J connectivity index is 1.88. The van der Waals surface area contributed by atoms with Crippen molar-refractivity contribution in [1.82, 2.24) is 4.90 Å². The molecule has 0 saturated carbocycles. The Labute approximate surface area is 80.0 Å². The Morgan fingerprint density at radius 3 is 2.69 bits per heavy atom. The van der Waals surface area contributed by atoms with E-state index in [2.05, 4.69) is 25.7 Å². The van der Waals surface area contributed by atoms with Gasteiger partial charge in [0.1, 0.15) is 0 Å². The quantitative estimate of drug-likeness (QED) is 0.597. The average molecular weight is 185 g/mol. The molecular formula is C10H19NO2. The van der Waals surface area contributed by atoms with E-state index in [9.17, 15) is 0 Å². The van der Waals surface area contributed by atoms with Crippen molar-refractivity contribution in [3.05, 3.63) is 0 Å². The van der Waals surface area contributed by atoms with E-state index in [0.29, 0.717) is 12.2 Å². The van der Waals surface area contributed by atoms with E-state index >= 15 is 0 Å². The second-order valence-electron chi connectivity index (χ2n) is 4.84. The third-order valence-corrected chi connectivity index (χ3v) is 2.50. The highest BCUT2D eigenvalue weighted by atomic mass is 16.6. The van der Waals surface area contributed by atoms with Crippen molar-refractivity contribution >= 4 is 0 Å². The van der Waals surface area contributed by atoms with Crippen LogP contribution in [0.3, 0.4) is 0 Å². The zero-order chi connectivity index (χ0) is 9.47. The number of hydrogen-bond donors (Lipinski definition) is 0. The molecule has 0 aromatic carbocycles. The van der Waals surface area contributed by atoms with Crippen LogP contribution in [-0.4, -0.2) is 49.0 Å².